The molecule has 0 bridgehead atoms. The second-order valence-electron chi connectivity index (χ2n) is 7.62. The molecule has 2 aromatic carbocycles. The smallest absolute Gasteiger partial charge is 0.412 e. The minimum absolute atomic E-state index is 0.0456. The standard InChI is InChI=1S/C23H22ClFN2O5/c1-13(28)3-8-21(14(2)29)27-11-16-5-4-15(9-18(16)22(27)30)12-32-23(31)26-20-10-17(24)6-7-19(20)25/h4-7,9-10,21H,3,8,11-12H2,1-2H3,(H,26,31). The van der Waals surface area contributed by atoms with Gasteiger partial charge in [-0.3, -0.25) is 14.9 Å². The van der Waals surface area contributed by atoms with Gasteiger partial charge in [-0.15, -0.1) is 0 Å². The molecule has 3 rings (SSSR count). The van der Waals surface area contributed by atoms with Gasteiger partial charge < -0.3 is 14.4 Å². The highest BCUT2D eigenvalue weighted by molar-refractivity contribution is 6.30. The lowest BCUT2D eigenvalue weighted by molar-refractivity contribution is -0.122. The van der Waals surface area contributed by atoms with Crippen LogP contribution in [-0.2, 0) is 27.5 Å². The summed E-state index contributed by atoms with van der Waals surface area (Å²) in [6, 6.07) is 8.13. The molecule has 0 radical (unpaired) electrons. The Morgan fingerprint density at radius 2 is 1.94 bits per heavy atom. The average Bonchev–Trinajstić information content (AvgIpc) is 3.05. The van der Waals surface area contributed by atoms with Crippen molar-refractivity contribution in [3.63, 3.8) is 0 Å². The first-order valence-electron chi connectivity index (χ1n) is 9.97. The van der Waals surface area contributed by atoms with Crippen LogP contribution < -0.4 is 5.32 Å². The molecule has 0 fully saturated rings. The van der Waals surface area contributed by atoms with E-state index in [9.17, 15) is 23.6 Å². The number of amides is 2. The van der Waals surface area contributed by atoms with E-state index in [1.165, 1.54) is 30.9 Å². The van der Waals surface area contributed by atoms with Crippen LogP contribution in [0.15, 0.2) is 36.4 Å². The Morgan fingerprint density at radius 1 is 1.19 bits per heavy atom. The molecule has 32 heavy (non-hydrogen) atoms. The Hall–Kier alpha value is -3.26. The van der Waals surface area contributed by atoms with Gasteiger partial charge in [-0.25, -0.2) is 9.18 Å². The van der Waals surface area contributed by atoms with Gasteiger partial charge in [0.05, 0.1) is 11.7 Å². The summed E-state index contributed by atoms with van der Waals surface area (Å²) in [6.07, 6.45) is -0.382. The maximum Gasteiger partial charge on any atom is 0.412 e. The molecule has 1 atom stereocenters. The van der Waals surface area contributed by atoms with Gasteiger partial charge in [0.15, 0.2) is 5.78 Å². The van der Waals surface area contributed by atoms with Crippen LogP contribution in [0.5, 0.6) is 0 Å². The average molecular weight is 461 g/mol. The Labute approximate surface area is 189 Å². The fraction of sp³-hybridized carbons (Fsp3) is 0.304. The number of Topliss-reactive ketones (excluding diaryl/α,β-unsaturated/α-hetero) is 2. The number of anilines is 1. The number of ether oxygens (including phenoxy) is 1. The Balaban J connectivity index is 1.65. The van der Waals surface area contributed by atoms with Crippen molar-refractivity contribution in [3.8, 4) is 0 Å². The van der Waals surface area contributed by atoms with E-state index in [1.54, 1.807) is 18.2 Å². The van der Waals surface area contributed by atoms with E-state index < -0.39 is 18.0 Å². The van der Waals surface area contributed by atoms with Gasteiger partial charge in [-0.05, 0) is 55.7 Å². The Kier molecular flexibility index (Phi) is 7.25. The summed E-state index contributed by atoms with van der Waals surface area (Å²) in [5.74, 6) is -1.19. The van der Waals surface area contributed by atoms with Crippen LogP contribution >= 0.6 is 11.6 Å². The Bertz CT molecular complexity index is 1090. The number of fused-ring (bicyclic) bond motifs is 1. The van der Waals surface area contributed by atoms with Crippen LogP contribution in [0, 0.1) is 5.82 Å². The topological polar surface area (TPSA) is 92.8 Å². The predicted molar refractivity (Wildman–Crippen MR) is 116 cm³/mol. The molecule has 168 valence electrons. The summed E-state index contributed by atoms with van der Waals surface area (Å²) in [6.45, 7) is 2.98. The number of hydrogen-bond acceptors (Lipinski definition) is 5. The van der Waals surface area contributed by atoms with Crippen LogP contribution in [-0.4, -0.2) is 34.5 Å². The van der Waals surface area contributed by atoms with E-state index in [0.29, 0.717) is 11.1 Å². The molecule has 0 spiro atoms. The second kappa shape index (κ2) is 9.91. The lowest BCUT2D eigenvalue weighted by Crippen LogP contribution is -2.40. The summed E-state index contributed by atoms with van der Waals surface area (Å²) in [5.41, 5.74) is 1.62. The van der Waals surface area contributed by atoms with Crippen molar-refractivity contribution < 1.29 is 28.3 Å². The third kappa shape index (κ3) is 5.50. The molecule has 9 heteroatoms. The molecular formula is C23H22ClFN2O5. The van der Waals surface area contributed by atoms with E-state index in [0.717, 1.165) is 11.6 Å². The van der Waals surface area contributed by atoms with Crippen molar-refractivity contribution >= 4 is 40.9 Å². The lowest BCUT2D eigenvalue weighted by Gasteiger charge is -2.25. The van der Waals surface area contributed by atoms with Crippen molar-refractivity contribution in [2.45, 2.75) is 45.9 Å². The number of nitrogens with one attached hydrogen (secondary N) is 1. The van der Waals surface area contributed by atoms with Gasteiger partial charge in [0, 0.05) is 23.6 Å². The largest absolute Gasteiger partial charge is 0.444 e. The van der Waals surface area contributed by atoms with E-state index >= 15 is 0 Å². The first kappa shape index (κ1) is 23.4. The van der Waals surface area contributed by atoms with Crippen LogP contribution in [0.3, 0.4) is 0 Å². The molecule has 1 aliphatic rings. The van der Waals surface area contributed by atoms with E-state index in [2.05, 4.69) is 5.32 Å². The number of halogens is 2. The van der Waals surface area contributed by atoms with Crippen molar-refractivity contribution in [1.82, 2.24) is 4.90 Å². The first-order valence-corrected chi connectivity index (χ1v) is 10.3. The van der Waals surface area contributed by atoms with Crippen molar-refractivity contribution in [3.05, 3.63) is 63.9 Å². The number of carbonyl (C=O) groups is 4. The molecule has 0 saturated heterocycles. The minimum Gasteiger partial charge on any atom is -0.444 e. The number of carbonyl (C=O) groups excluding carboxylic acids is 4. The quantitative estimate of drug-likeness (QED) is 0.625. The maximum atomic E-state index is 13.7. The van der Waals surface area contributed by atoms with Gasteiger partial charge in [-0.2, -0.15) is 0 Å². The number of nitrogens with zero attached hydrogens (tertiary/aromatic N) is 1. The van der Waals surface area contributed by atoms with Gasteiger partial charge in [-0.1, -0.05) is 23.7 Å². The number of rotatable bonds is 8. The summed E-state index contributed by atoms with van der Waals surface area (Å²) in [7, 11) is 0. The lowest BCUT2D eigenvalue weighted by atomic mass is 10.0. The molecule has 1 aliphatic heterocycles. The van der Waals surface area contributed by atoms with Crippen LogP contribution in [0.2, 0.25) is 5.02 Å². The van der Waals surface area contributed by atoms with Crippen LogP contribution in [0.1, 0.15) is 48.2 Å². The highest BCUT2D eigenvalue weighted by atomic mass is 35.5. The molecule has 1 unspecified atom stereocenters. The number of hydrogen-bond donors (Lipinski definition) is 1. The number of ketones is 2. The summed E-state index contributed by atoms with van der Waals surface area (Å²) in [4.78, 5) is 49.8. The molecular weight excluding hydrogens is 439 g/mol. The van der Waals surface area contributed by atoms with Crippen molar-refractivity contribution in [2.24, 2.45) is 0 Å². The second-order valence-corrected chi connectivity index (χ2v) is 8.05. The molecule has 0 saturated carbocycles. The van der Waals surface area contributed by atoms with Crippen molar-refractivity contribution in [2.75, 3.05) is 5.32 Å². The zero-order valence-corrected chi connectivity index (χ0v) is 18.4. The summed E-state index contributed by atoms with van der Waals surface area (Å²) >= 11 is 5.80. The van der Waals surface area contributed by atoms with Gasteiger partial charge >= 0.3 is 6.09 Å². The number of benzene rings is 2. The van der Waals surface area contributed by atoms with Gasteiger partial charge in [0.2, 0.25) is 0 Å². The van der Waals surface area contributed by atoms with Crippen molar-refractivity contribution in [1.29, 1.82) is 0 Å². The zero-order chi connectivity index (χ0) is 23.4. The highest BCUT2D eigenvalue weighted by Gasteiger charge is 2.35. The van der Waals surface area contributed by atoms with E-state index in [1.807, 2.05) is 0 Å². The molecule has 0 aliphatic carbocycles. The summed E-state index contributed by atoms with van der Waals surface area (Å²) in [5, 5.41) is 2.54. The summed E-state index contributed by atoms with van der Waals surface area (Å²) < 4.78 is 18.9. The van der Waals surface area contributed by atoms with Gasteiger partial charge in [0.25, 0.3) is 5.91 Å². The molecule has 2 amide bonds. The fourth-order valence-electron chi connectivity index (χ4n) is 3.52. The first-order chi connectivity index (χ1) is 15.2. The van der Waals surface area contributed by atoms with Crippen LogP contribution in [0.4, 0.5) is 14.9 Å². The predicted octanol–water partition coefficient (Wildman–Crippen LogP) is 4.51. The third-order valence-electron chi connectivity index (χ3n) is 5.16. The zero-order valence-electron chi connectivity index (χ0n) is 17.6. The van der Waals surface area contributed by atoms with Gasteiger partial charge in [0.1, 0.15) is 18.2 Å². The highest BCUT2D eigenvalue weighted by Crippen LogP contribution is 2.28. The van der Waals surface area contributed by atoms with Crippen LogP contribution in [0.25, 0.3) is 0 Å². The van der Waals surface area contributed by atoms with E-state index in [4.69, 9.17) is 16.3 Å². The monoisotopic (exact) mass is 460 g/mol. The third-order valence-corrected chi connectivity index (χ3v) is 5.39. The molecule has 1 N–H and O–H groups in total. The van der Waals surface area contributed by atoms with E-state index in [-0.39, 0.29) is 54.2 Å². The molecule has 1 heterocycles. The molecule has 0 aromatic heterocycles. The normalized spacial score (nSPS) is 13.5. The SMILES string of the molecule is CC(=O)CCC(C(C)=O)N1Cc2ccc(COC(=O)Nc3cc(Cl)ccc3F)cc2C1=O. The fourth-order valence-corrected chi connectivity index (χ4v) is 3.69. The minimum atomic E-state index is -0.875. The maximum absolute atomic E-state index is 13.7. The molecule has 7 nitrogen and oxygen atoms in total. The Morgan fingerprint density at radius 3 is 2.62 bits per heavy atom. The molecule has 2 aromatic rings.